The van der Waals surface area contributed by atoms with Crippen molar-refractivity contribution < 1.29 is 22.8 Å². The van der Waals surface area contributed by atoms with Gasteiger partial charge in [-0.15, -0.1) is 0 Å². The van der Waals surface area contributed by atoms with Crippen LogP contribution in [0.15, 0.2) is 91.1 Å². The van der Waals surface area contributed by atoms with Gasteiger partial charge in [-0.05, 0) is 40.5 Å². The fraction of sp³-hybridized carbons (Fsp3) is 0.250. The highest BCUT2D eigenvalue weighted by Crippen LogP contribution is 2.29. The van der Waals surface area contributed by atoms with Gasteiger partial charge in [-0.2, -0.15) is 13.2 Å². The molecule has 4 N–H and O–H groups in total. The molecule has 0 aliphatic heterocycles. The van der Waals surface area contributed by atoms with Gasteiger partial charge in [0.1, 0.15) is 5.52 Å². The number of nitrogens with one attached hydrogen (secondary N) is 2. The number of halogens is 3. The summed E-state index contributed by atoms with van der Waals surface area (Å²) in [5.74, 6) is -0.221. The lowest BCUT2D eigenvalue weighted by atomic mass is 10.1. The van der Waals surface area contributed by atoms with Crippen LogP contribution >= 0.6 is 9.24 Å². The number of carbonyl (C=O) groups is 2. The summed E-state index contributed by atoms with van der Waals surface area (Å²) in [5, 5.41) is 6.08. The minimum Gasteiger partial charge on any atom is -0.353 e. The van der Waals surface area contributed by atoms with Gasteiger partial charge < -0.3 is 16.4 Å². The van der Waals surface area contributed by atoms with Gasteiger partial charge in [-0.3, -0.25) is 9.59 Å². The molecule has 1 unspecified atom stereocenters. The molecule has 0 spiro atoms. The first-order valence-corrected chi connectivity index (χ1v) is 13.8. The lowest BCUT2D eigenvalue weighted by molar-refractivity contribution is -0.137. The summed E-state index contributed by atoms with van der Waals surface area (Å²) >= 11 is 0. The lowest BCUT2D eigenvalue weighted by Gasteiger charge is -2.13. The van der Waals surface area contributed by atoms with Crippen molar-refractivity contribution >= 4 is 32.3 Å². The number of Topliss-reactive ketones (excluding diaryl/α,β-unsaturated/α-hetero) is 1. The molecule has 1 atom stereocenters. The van der Waals surface area contributed by atoms with Gasteiger partial charge in [0.25, 0.3) is 0 Å². The van der Waals surface area contributed by atoms with Gasteiger partial charge in [0.05, 0.1) is 11.3 Å². The second-order valence-electron chi connectivity index (χ2n) is 8.62. The van der Waals surface area contributed by atoms with Gasteiger partial charge in [-0.25, -0.2) is 0 Å². The summed E-state index contributed by atoms with van der Waals surface area (Å²) < 4.78 is 37.9. The van der Waals surface area contributed by atoms with E-state index in [0.717, 1.165) is 36.3 Å². The summed E-state index contributed by atoms with van der Waals surface area (Å²) in [6, 6.07) is 22.1. The average molecular weight is 586 g/mol. The number of carbonyl (C=O) groups excluding carboxylic acids is 2. The molecule has 3 aromatic carbocycles. The molecule has 5 nitrogen and oxygen atoms in total. The standard InChI is InChI=1S/C20H19F3N2O.C10H14NOP.C2H6/c1-13(17-7-9-18(10-8-17)20(21,22)23)25-19(14(2)26)11-15-3-5-16(12-24)6-4-15;12-10(13)6-7-11-8-9-4-2-1-3-5-9;1-2/h3-11,25H,1,12,24H2,2H3;1-5,11H,6-8,13H2;1-2H3/b19-11+;;. The first-order chi connectivity index (χ1) is 19.5. The Balaban J connectivity index is 0.000000469. The molecule has 0 saturated carbocycles. The van der Waals surface area contributed by atoms with E-state index < -0.39 is 11.7 Å². The largest absolute Gasteiger partial charge is 0.416 e. The highest BCUT2D eigenvalue weighted by atomic mass is 31.0. The smallest absolute Gasteiger partial charge is 0.353 e. The van der Waals surface area contributed by atoms with E-state index in [1.807, 2.05) is 56.3 Å². The number of allylic oxidation sites excluding steroid dienone is 1. The van der Waals surface area contributed by atoms with E-state index in [4.69, 9.17) is 5.73 Å². The Kier molecular flexibility index (Phi) is 16.2. The highest BCUT2D eigenvalue weighted by molar-refractivity contribution is 7.40. The summed E-state index contributed by atoms with van der Waals surface area (Å²) in [6.07, 6.45) is -2.16. The van der Waals surface area contributed by atoms with Gasteiger partial charge in [0.15, 0.2) is 5.78 Å². The van der Waals surface area contributed by atoms with Crippen molar-refractivity contribution in [1.29, 1.82) is 0 Å². The third kappa shape index (κ3) is 14.0. The molecule has 0 amide bonds. The Bertz CT molecular complexity index is 1260. The van der Waals surface area contributed by atoms with Crippen molar-refractivity contribution in [3.8, 4) is 0 Å². The zero-order valence-electron chi connectivity index (χ0n) is 23.7. The van der Waals surface area contributed by atoms with E-state index in [1.165, 1.54) is 24.6 Å². The molecular weight excluding hydrogens is 546 g/mol. The zero-order chi connectivity index (χ0) is 30.8. The Morgan fingerprint density at radius 2 is 1.51 bits per heavy atom. The molecule has 0 bridgehead atoms. The van der Waals surface area contributed by atoms with Crippen molar-refractivity contribution in [1.82, 2.24) is 10.6 Å². The third-order valence-electron chi connectivity index (χ3n) is 5.47. The van der Waals surface area contributed by atoms with Crippen LogP contribution in [-0.2, 0) is 28.9 Å². The Morgan fingerprint density at radius 1 is 0.927 bits per heavy atom. The monoisotopic (exact) mass is 585 g/mol. The normalized spacial score (nSPS) is 10.9. The fourth-order valence-corrected chi connectivity index (χ4v) is 3.42. The van der Waals surface area contributed by atoms with Crippen LogP contribution in [0.3, 0.4) is 0 Å². The van der Waals surface area contributed by atoms with Crippen LogP contribution in [-0.4, -0.2) is 17.9 Å². The predicted molar refractivity (Wildman–Crippen MR) is 165 cm³/mol. The van der Waals surface area contributed by atoms with Gasteiger partial charge >= 0.3 is 6.18 Å². The molecule has 0 radical (unpaired) electrons. The molecule has 220 valence electrons. The van der Waals surface area contributed by atoms with E-state index in [-0.39, 0.29) is 17.0 Å². The van der Waals surface area contributed by atoms with Crippen LogP contribution in [0.25, 0.3) is 11.8 Å². The lowest BCUT2D eigenvalue weighted by Crippen LogP contribution is -2.17. The fourth-order valence-electron chi connectivity index (χ4n) is 3.28. The Morgan fingerprint density at radius 3 is 2.00 bits per heavy atom. The molecular formula is C32H39F3N3O2P. The molecule has 3 aromatic rings. The first-order valence-electron chi connectivity index (χ1n) is 13.2. The van der Waals surface area contributed by atoms with E-state index in [2.05, 4.69) is 38.6 Å². The maximum atomic E-state index is 12.6. The maximum absolute atomic E-state index is 12.6. The minimum atomic E-state index is -4.40. The van der Waals surface area contributed by atoms with E-state index in [1.54, 1.807) is 6.08 Å². The summed E-state index contributed by atoms with van der Waals surface area (Å²) in [7, 11) is 2.18. The van der Waals surface area contributed by atoms with Gasteiger partial charge in [-0.1, -0.05) is 96.4 Å². The number of nitrogens with two attached hydrogens (primary N) is 1. The molecule has 41 heavy (non-hydrogen) atoms. The maximum Gasteiger partial charge on any atom is 0.416 e. The predicted octanol–water partition coefficient (Wildman–Crippen LogP) is 6.95. The van der Waals surface area contributed by atoms with Crippen LogP contribution in [0.2, 0.25) is 0 Å². The van der Waals surface area contributed by atoms with Crippen LogP contribution in [0, 0.1) is 0 Å². The van der Waals surface area contributed by atoms with Crippen LogP contribution in [0.1, 0.15) is 55.0 Å². The SMILES string of the molecule is C=C(N/C(=C/c1ccc(CN)cc1)C(C)=O)c1ccc(C(F)(F)F)cc1.CC.O=C(P)CCNCc1ccccc1. The quantitative estimate of drug-likeness (QED) is 0.129. The topological polar surface area (TPSA) is 84.2 Å². The molecule has 0 aliphatic rings. The second-order valence-corrected chi connectivity index (χ2v) is 9.26. The molecule has 9 heteroatoms. The number of hydrogen-bond acceptors (Lipinski definition) is 5. The molecule has 0 saturated heterocycles. The summed E-state index contributed by atoms with van der Waals surface area (Å²) in [4.78, 5) is 22.5. The van der Waals surface area contributed by atoms with Gasteiger partial charge in [0.2, 0.25) is 0 Å². The van der Waals surface area contributed by atoms with E-state index in [0.29, 0.717) is 24.2 Å². The Labute approximate surface area is 243 Å². The molecule has 3 rings (SSSR count). The van der Waals surface area contributed by atoms with Crippen molar-refractivity contribution in [3.63, 3.8) is 0 Å². The zero-order valence-corrected chi connectivity index (χ0v) is 24.9. The van der Waals surface area contributed by atoms with Crippen LogP contribution < -0.4 is 16.4 Å². The molecule has 0 heterocycles. The molecule has 0 aromatic heterocycles. The van der Waals surface area contributed by atoms with E-state index in [9.17, 15) is 22.8 Å². The number of alkyl halides is 3. The Hall–Kier alpha value is -3.58. The summed E-state index contributed by atoms with van der Waals surface area (Å²) in [6.45, 7) is 11.2. The number of benzene rings is 3. The third-order valence-corrected chi connectivity index (χ3v) is 5.76. The van der Waals surface area contributed by atoms with Crippen LogP contribution in [0.4, 0.5) is 13.2 Å². The molecule has 0 fully saturated rings. The van der Waals surface area contributed by atoms with E-state index >= 15 is 0 Å². The van der Waals surface area contributed by atoms with Gasteiger partial charge in [0, 0.05) is 38.7 Å². The van der Waals surface area contributed by atoms with Crippen molar-refractivity contribution in [2.24, 2.45) is 5.73 Å². The second kappa shape index (κ2) is 18.7. The first kappa shape index (κ1) is 35.4. The minimum absolute atomic E-state index is 0.153. The summed E-state index contributed by atoms with van der Waals surface area (Å²) in [5.41, 5.74) is 9.06. The van der Waals surface area contributed by atoms with Crippen molar-refractivity contribution in [2.75, 3.05) is 6.54 Å². The number of rotatable bonds is 11. The van der Waals surface area contributed by atoms with Crippen molar-refractivity contribution in [2.45, 2.75) is 46.5 Å². The number of ketones is 1. The van der Waals surface area contributed by atoms with Crippen molar-refractivity contribution in [3.05, 3.63) is 119 Å². The average Bonchev–Trinajstić information content (AvgIpc) is 2.97. The molecule has 0 aliphatic carbocycles. The van der Waals surface area contributed by atoms with Crippen LogP contribution in [0.5, 0.6) is 0 Å². The number of hydrogen-bond donors (Lipinski definition) is 3. The highest BCUT2D eigenvalue weighted by Gasteiger charge is 2.30.